The lowest BCUT2D eigenvalue weighted by Gasteiger charge is -2.20. The van der Waals surface area contributed by atoms with E-state index in [1.807, 2.05) is 38.1 Å². The molecule has 5 rings (SSSR count). The van der Waals surface area contributed by atoms with Crippen molar-refractivity contribution in [2.24, 2.45) is 0 Å². The average molecular weight is 343 g/mol. The summed E-state index contributed by atoms with van der Waals surface area (Å²) in [5.74, 6) is 0. The Morgan fingerprint density at radius 3 is 1.77 bits per heavy atom. The molecule has 2 nitrogen and oxygen atoms in total. The first kappa shape index (κ1) is 17.9. The van der Waals surface area contributed by atoms with E-state index in [9.17, 15) is 0 Å². The highest BCUT2D eigenvalue weighted by Gasteiger charge is 2.34. The number of nitrogens with zero attached hydrogens (tertiary/aromatic N) is 1. The molecule has 4 aromatic rings. The van der Waals surface area contributed by atoms with Crippen LogP contribution in [0.25, 0.3) is 22.2 Å². The van der Waals surface area contributed by atoms with Gasteiger partial charge in [0.25, 0.3) is 0 Å². The van der Waals surface area contributed by atoms with Crippen molar-refractivity contribution in [3.8, 4) is 11.1 Å². The van der Waals surface area contributed by atoms with Crippen LogP contribution in [0.2, 0.25) is 0 Å². The Labute approximate surface area is 155 Å². The van der Waals surface area contributed by atoms with Gasteiger partial charge in [-0.2, -0.15) is 0 Å². The van der Waals surface area contributed by atoms with Crippen LogP contribution in [0.15, 0.2) is 83.6 Å². The highest BCUT2D eigenvalue weighted by molar-refractivity contribution is 5.80. The predicted molar refractivity (Wildman–Crippen MR) is 109 cm³/mol. The molecule has 1 aliphatic rings. The van der Waals surface area contributed by atoms with Gasteiger partial charge in [0.05, 0.1) is 0 Å². The number of hydrogen-bond acceptors (Lipinski definition) is 2. The van der Waals surface area contributed by atoms with E-state index in [-0.39, 0.29) is 5.41 Å². The molecule has 0 atom stereocenters. The summed E-state index contributed by atoms with van der Waals surface area (Å²) in [7, 11) is 0. The summed E-state index contributed by atoms with van der Waals surface area (Å²) in [5.41, 5.74) is 7.62. The molecule has 0 N–H and O–H groups in total. The second-order valence-electron chi connectivity index (χ2n) is 6.54. The summed E-state index contributed by atoms with van der Waals surface area (Å²) in [4.78, 5) is 3.95. The highest BCUT2D eigenvalue weighted by Crippen LogP contribution is 2.47. The van der Waals surface area contributed by atoms with E-state index in [0.717, 1.165) is 11.1 Å². The Hall–Kier alpha value is -2.87. The minimum atomic E-state index is 0.160. The van der Waals surface area contributed by atoms with E-state index in [1.165, 1.54) is 28.6 Å². The summed E-state index contributed by atoms with van der Waals surface area (Å²) < 4.78 is 5.01. The van der Waals surface area contributed by atoms with Gasteiger partial charge in [0, 0.05) is 5.41 Å². The summed E-state index contributed by atoms with van der Waals surface area (Å²) in [6.07, 6.45) is 1.45. The highest BCUT2D eigenvalue weighted by atomic mass is 16.3. The molecule has 1 aromatic heterocycles. The predicted octanol–water partition coefficient (Wildman–Crippen LogP) is 6.85. The quantitative estimate of drug-likeness (QED) is 0.349. The maximum atomic E-state index is 5.01. The first-order valence-electron chi connectivity index (χ1n) is 9.15. The summed E-state index contributed by atoms with van der Waals surface area (Å²) in [5, 5.41) is 0. The van der Waals surface area contributed by atoms with Crippen LogP contribution in [-0.4, -0.2) is 4.98 Å². The molecule has 2 heteroatoms. The first-order chi connectivity index (χ1) is 12.7. The fourth-order valence-corrected chi connectivity index (χ4v) is 3.47. The van der Waals surface area contributed by atoms with Crippen LogP contribution < -0.4 is 0 Å². The van der Waals surface area contributed by atoms with Gasteiger partial charge in [-0.05, 0) is 34.4 Å². The van der Waals surface area contributed by atoms with E-state index in [2.05, 4.69) is 67.4 Å². The molecule has 0 unspecified atom stereocenters. The molecular formula is C24H25NO. The van der Waals surface area contributed by atoms with Gasteiger partial charge in [0.2, 0.25) is 0 Å². The molecule has 1 aliphatic carbocycles. The van der Waals surface area contributed by atoms with Crippen molar-refractivity contribution >= 4 is 11.1 Å². The second-order valence-corrected chi connectivity index (χ2v) is 6.54. The Balaban J connectivity index is 0.000000152. The normalized spacial score (nSPS) is 12.9. The van der Waals surface area contributed by atoms with Crippen LogP contribution in [0.5, 0.6) is 0 Å². The fourth-order valence-electron chi connectivity index (χ4n) is 3.47. The van der Waals surface area contributed by atoms with Crippen LogP contribution in [0.1, 0.15) is 38.8 Å². The van der Waals surface area contributed by atoms with Crippen molar-refractivity contribution in [1.82, 2.24) is 4.98 Å². The van der Waals surface area contributed by atoms with Crippen molar-refractivity contribution in [2.75, 3.05) is 0 Å². The molecule has 0 amide bonds. The van der Waals surface area contributed by atoms with Gasteiger partial charge < -0.3 is 4.42 Å². The third kappa shape index (κ3) is 3.15. The zero-order valence-corrected chi connectivity index (χ0v) is 15.9. The maximum absolute atomic E-state index is 5.01. The molecule has 0 spiro atoms. The van der Waals surface area contributed by atoms with Crippen molar-refractivity contribution < 1.29 is 4.42 Å². The van der Waals surface area contributed by atoms with Crippen LogP contribution in [0.3, 0.4) is 0 Å². The van der Waals surface area contributed by atoms with Gasteiger partial charge in [-0.15, -0.1) is 0 Å². The molecular weight excluding hydrogens is 318 g/mol. The molecule has 132 valence electrons. The molecule has 0 radical (unpaired) electrons. The van der Waals surface area contributed by atoms with Crippen molar-refractivity contribution in [1.29, 1.82) is 0 Å². The number of para-hydroxylation sites is 2. The molecule has 26 heavy (non-hydrogen) atoms. The van der Waals surface area contributed by atoms with Crippen molar-refractivity contribution in [3.05, 3.63) is 90.3 Å². The minimum Gasteiger partial charge on any atom is -0.443 e. The molecule has 0 saturated heterocycles. The number of oxazole rings is 1. The third-order valence-corrected chi connectivity index (χ3v) is 4.73. The van der Waals surface area contributed by atoms with Crippen molar-refractivity contribution in [2.45, 2.75) is 33.1 Å². The van der Waals surface area contributed by atoms with Gasteiger partial charge in [-0.3, -0.25) is 0 Å². The average Bonchev–Trinajstić information content (AvgIpc) is 3.26. The summed E-state index contributed by atoms with van der Waals surface area (Å²) in [6, 6.07) is 25.1. The van der Waals surface area contributed by atoms with E-state index >= 15 is 0 Å². The Morgan fingerprint density at radius 1 is 0.692 bits per heavy atom. The topological polar surface area (TPSA) is 26.0 Å². The molecule has 3 aromatic carbocycles. The zero-order valence-electron chi connectivity index (χ0n) is 15.9. The second kappa shape index (κ2) is 7.57. The van der Waals surface area contributed by atoms with Gasteiger partial charge in [-0.25, -0.2) is 4.98 Å². The number of fused-ring (bicyclic) bond motifs is 4. The van der Waals surface area contributed by atoms with E-state index in [1.54, 1.807) is 0 Å². The van der Waals surface area contributed by atoms with Gasteiger partial charge in [0.1, 0.15) is 5.52 Å². The first-order valence-corrected chi connectivity index (χ1v) is 9.15. The fraction of sp³-hybridized carbons (Fsp3) is 0.208. The van der Waals surface area contributed by atoms with Crippen LogP contribution in [-0.2, 0) is 5.41 Å². The third-order valence-electron chi connectivity index (χ3n) is 4.73. The zero-order chi connectivity index (χ0) is 18.6. The standard InChI is InChI=1S/C15H14.C7H5NO.C2H6/c1-15(2)13-9-5-3-7-11(13)12-8-4-6-10-14(12)15;1-2-4-7-6(3-1)8-5-9-7;1-2/h3-10H,1-2H3;1-5H;1-2H3. The number of hydrogen-bond donors (Lipinski definition) is 0. The molecule has 0 bridgehead atoms. The van der Waals surface area contributed by atoms with Crippen LogP contribution in [0, 0.1) is 0 Å². The minimum absolute atomic E-state index is 0.160. The maximum Gasteiger partial charge on any atom is 0.181 e. The lowest BCUT2D eigenvalue weighted by Crippen LogP contribution is -2.14. The monoisotopic (exact) mass is 343 g/mol. The molecule has 0 aliphatic heterocycles. The SMILES string of the molecule is CC.CC1(C)c2ccccc2-c2ccccc21.c1ccc2ocnc2c1. The van der Waals surface area contributed by atoms with E-state index in [4.69, 9.17) is 4.42 Å². The lowest BCUT2D eigenvalue weighted by atomic mass is 9.82. The van der Waals surface area contributed by atoms with E-state index < -0.39 is 0 Å². The number of aromatic nitrogens is 1. The van der Waals surface area contributed by atoms with Gasteiger partial charge in [-0.1, -0.05) is 88.4 Å². The number of benzene rings is 3. The summed E-state index contributed by atoms with van der Waals surface area (Å²) >= 11 is 0. The Bertz CT molecular complexity index is 920. The largest absolute Gasteiger partial charge is 0.443 e. The number of rotatable bonds is 0. The Kier molecular flexibility index (Phi) is 5.22. The van der Waals surface area contributed by atoms with Gasteiger partial charge in [0.15, 0.2) is 12.0 Å². The molecule has 1 heterocycles. The van der Waals surface area contributed by atoms with Crippen LogP contribution in [0.4, 0.5) is 0 Å². The van der Waals surface area contributed by atoms with Crippen molar-refractivity contribution in [3.63, 3.8) is 0 Å². The summed E-state index contributed by atoms with van der Waals surface area (Å²) in [6.45, 7) is 8.61. The van der Waals surface area contributed by atoms with E-state index in [0.29, 0.717) is 0 Å². The smallest absolute Gasteiger partial charge is 0.181 e. The van der Waals surface area contributed by atoms with Crippen LogP contribution >= 0.6 is 0 Å². The Morgan fingerprint density at radius 2 is 1.19 bits per heavy atom. The lowest BCUT2D eigenvalue weighted by molar-refractivity contribution is 0.602. The van der Waals surface area contributed by atoms with Gasteiger partial charge >= 0.3 is 0 Å². The molecule has 0 saturated carbocycles. The molecule has 0 fully saturated rings.